The van der Waals surface area contributed by atoms with Crippen LogP contribution in [0.15, 0.2) is 24.3 Å². The lowest BCUT2D eigenvalue weighted by Crippen LogP contribution is -2.52. The van der Waals surface area contributed by atoms with E-state index in [9.17, 15) is 9.59 Å². The molecule has 0 saturated carbocycles. The Balaban J connectivity index is 1.48. The van der Waals surface area contributed by atoms with Gasteiger partial charge in [0.1, 0.15) is 0 Å². The number of nitrogens with zero attached hydrogens (tertiary/aromatic N) is 3. The Hall–Kier alpha value is -1.79. The molecule has 1 aromatic rings. The maximum absolute atomic E-state index is 12.5. The van der Waals surface area contributed by atoms with Gasteiger partial charge in [-0.05, 0) is 31.0 Å². The van der Waals surface area contributed by atoms with Crippen molar-refractivity contribution in [1.29, 1.82) is 0 Å². The van der Waals surface area contributed by atoms with Crippen LogP contribution in [0.2, 0.25) is 5.02 Å². The lowest BCUT2D eigenvalue weighted by Gasteiger charge is -2.37. The lowest BCUT2D eigenvalue weighted by atomic mass is 9.97. The van der Waals surface area contributed by atoms with Gasteiger partial charge in [0.25, 0.3) is 0 Å². The van der Waals surface area contributed by atoms with Crippen LogP contribution in [0, 0.1) is 5.92 Å². The topological polar surface area (TPSA) is 69.9 Å². The summed E-state index contributed by atoms with van der Waals surface area (Å²) in [6.45, 7) is 5.03. The van der Waals surface area contributed by atoms with Crippen LogP contribution in [0.1, 0.15) is 12.8 Å². The minimum absolute atomic E-state index is 0.0992. The van der Waals surface area contributed by atoms with Crippen molar-refractivity contribution in [3.63, 3.8) is 0 Å². The quantitative estimate of drug-likeness (QED) is 0.871. The molecule has 6 nitrogen and oxygen atoms in total. The summed E-state index contributed by atoms with van der Waals surface area (Å²) in [4.78, 5) is 30.2. The van der Waals surface area contributed by atoms with Gasteiger partial charge < -0.3 is 15.5 Å². The minimum atomic E-state index is -0.298. The Morgan fingerprint density at radius 3 is 2.60 bits per heavy atom. The molecule has 0 aliphatic carbocycles. The van der Waals surface area contributed by atoms with Crippen molar-refractivity contribution in [2.24, 2.45) is 11.7 Å². The summed E-state index contributed by atoms with van der Waals surface area (Å²) in [5.74, 6) is -0.396. The number of rotatable bonds is 4. The number of carbonyl (C=O) groups excluding carboxylic acids is 2. The fraction of sp³-hybridized carbons (Fsp3) is 0.556. The molecule has 0 bridgehead atoms. The number of likely N-dealkylation sites (tertiary alicyclic amines) is 1. The SMILES string of the molecule is NC(=O)[C@H]1CCCN(C(=O)CN2CCN(c3cccc(Cl)c3)CC2)C1. The van der Waals surface area contributed by atoms with E-state index in [4.69, 9.17) is 17.3 Å². The normalized spacial score (nSPS) is 22.0. The first kappa shape index (κ1) is 18.0. The molecule has 2 fully saturated rings. The second-order valence-electron chi connectivity index (χ2n) is 6.82. The number of benzene rings is 1. The number of nitrogens with two attached hydrogens (primary N) is 1. The van der Waals surface area contributed by atoms with E-state index in [1.165, 1.54) is 0 Å². The van der Waals surface area contributed by atoms with Crippen molar-refractivity contribution in [3.8, 4) is 0 Å². The van der Waals surface area contributed by atoms with Crippen LogP contribution >= 0.6 is 11.6 Å². The average Bonchev–Trinajstić information content (AvgIpc) is 2.62. The summed E-state index contributed by atoms with van der Waals surface area (Å²) in [6.07, 6.45) is 1.64. The van der Waals surface area contributed by atoms with Gasteiger partial charge in [-0.3, -0.25) is 14.5 Å². The van der Waals surface area contributed by atoms with E-state index in [1.807, 2.05) is 18.2 Å². The van der Waals surface area contributed by atoms with Crippen molar-refractivity contribution in [2.45, 2.75) is 12.8 Å². The number of primary amides is 1. The second-order valence-corrected chi connectivity index (χ2v) is 7.26. The Morgan fingerprint density at radius 2 is 1.92 bits per heavy atom. The number of piperidine rings is 1. The number of hydrogen-bond donors (Lipinski definition) is 1. The summed E-state index contributed by atoms with van der Waals surface area (Å²) in [7, 11) is 0. The largest absolute Gasteiger partial charge is 0.369 e. The molecule has 0 spiro atoms. The van der Waals surface area contributed by atoms with Crippen LogP contribution in [0.4, 0.5) is 5.69 Å². The molecule has 1 atom stereocenters. The fourth-order valence-electron chi connectivity index (χ4n) is 3.56. The van der Waals surface area contributed by atoms with Gasteiger partial charge >= 0.3 is 0 Å². The minimum Gasteiger partial charge on any atom is -0.369 e. The highest BCUT2D eigenvalue weighted by Gasteiger charge is 2.28. The average molecular weight is 365 g/mol. The highest BCUT2D eigenvalue weighted by Crippen LogP contribution is 2.21. The molecule has 2 N–H and O–H groups in total. The van der Waals surface area contributed by atoms with Gasteiger partial charge in [0.15, 0.2) is 0 Å². The third-order valence-corrected chi connectivity index (χ3v) is 5.32. The Morgan fingerprint density at radius 1 is 1.16 bits per heavy atom. The third kappa shape index (κ3) is 4.64. The summed E-state index contributed by atoms with van der Waals surface area (Å²) in [5.41, 5.74) is 6.52. The molecular weight excluding hydrogens is 340 g/mol. The summed E-state index contributed by atoms with van der Waals surface area (Å²) in [5, 5.41) is 0.740. The highest BCUT2D eigenvalue weighted by atomic mass is 35.5. The zero-order chi connectivity index (χ0) is 17.8. The number of piperazine rings is 1. The molecule has 7 heteroatoms. The van der Waals surface area contributed by atoms with E-state index in [0.717, 1.165) is 56.3 Å². The summed E-state index contributed by atoms with van der Waals surface area (Å²) >= 11 is 6.06. The smallest absolute Gasteiger partial charge is 0.236 e. The first-order valence-corrected chi connectivity index (χ1v) is 9.20. The maximum Gasteiger partial charge on any atom is 0.236 e. The molecule has 25 heavy (non-hydrogen) atoms. The van der Waals surface area contributed by atoms with Crippen LogP contribution in [-0.4, -0.2) is 67.4 Å². The van der Waals surface area contributed by atoms with Crippen LogP contribution in [0.5, 0.6) is 0 Å². The molecule has 2 aliphatic rings. The summed E-state index contributed by atoms with van der Waals surface area (Å²) < 4.78 is 0. The fourth-order valence-corrected chi connectivity index (χ4v) is 3.75. The molecule has 0 unspecified atom stereocenters. The van der Waals surface area contributed by atoms with Gasteiger partial charge in [0.05, 0.1) is 12.5 Å². The second kappa shape index (κ2) is 8.06. The van der Waals surface area contributed by atoms with E-state index in [-0.39, 0.29) is 17.7 Å². The van der Waals surface area contributed by atoms with Gasteiger partial charge in [-0.2, -0.15) is 0 Å². The Kier molecular flexibility index (Phi) is 5.81. The molecular formula is C18H25ClN4O2. The van der Waals surface area contributed by atoms with Gasteiger partial charge in [-0.15, -0.1) is 0 Å². The maximum atomic E-state index is 12.5. The number of halogens is 1. The van der Waals surface area contributed by atoms with E-state index in [2.05, 4.69) is 15.9 Å². The molecule has 1 aromatic carbocycles. The van der Waals surface area contributed by atoms with Crippen LogP contribution in [-0.2, 0) is 9.59 Å². The van der Waals surface area contributed by atoms with Crippen LogP contribution < -0.4 is 10.6 Å². The Labute approximate surface area is 153 Å². The molecule has 0 radical (unpaired) electrons. The van der Waals surface area contributed by atoms with E-state index >= 15 is 0 Å². The Bertz CT molecular complexity index is 631. The monoisotopic (exact) mass is 364 g/mol. The zero-order valence-corrected chi connectivity index (χ0v) is 15.1. The van der Waals surface area contributed by atoms with E-state index in [0.29, 0.717) is 13.1 Å². The van der Waals surface area contributed by atoms with E-state index in [1.54, 1.807) is 4.90 Å². The third-order valence-electron chi connectivity index (χ3n) is 5.08. The van der Waals surface area contributed by atoms with E-state index < -0.39 is 0 Å². The van der Waals surface area contributed by atoms with Crippen molar-refractivity contribution in [1.82, 2.24) is 9.80 Å². The van der Waals surface area contributed by atoms with Gasteiger partial charge in [0.2, 0.25) is 11.8 Å². The lowest BCUT2D eigenvalue weighted by molar-refractivity contribution is -0.136. The number of amides is 2. The standard InChI is InChI=1S/C18H25ClN4O2/c19-15-4-1-5-16(11-15)22-9-7-21(8-10-22)13-17(24)23-6-2-3-14(12-23)18(20)25/h1,4-5,11,14H,2-3,6-10,12-13H2,(H2,20,25)/t14-/m0/s1. The predicted molar refractivity (Wildman–Crippen MR) is 98.6 cm³/mol. The first-order valence-electron chi connectivity index (χ1n) is 8.83. The molecule has 2 aliphatic heterocycles. The predicted octanol–water partition coefficient (Wildman–Crippen LogP) is 1.19. The molecule has 0 aromatic heterocycles. The number of anilines is 1. The molecule has 2 amide bonds. The number of carbonyl (C=O) groups is 2. The van der Waals surface area contributed by atoms with Gasteiger partial charge in [0, 0.05) is 50.0 Å². The van der Waals surface area contributed by atoms with Crippen LogP contribution in [0.25, 0.3) is 0 Å². The van der Waals surface area contributed by atoms with Crippen molar-refractivity contribution in [2.75, 3.05) is 50.7 Å². The van der Waals surface area contributed by atoms with Crippen molar-refractivity contribution >= 4 is 29.1 Å². The highest BCUT2D eigenvalue weighted by molar-refractivity contribution is 6.30. The number of hydrogen-bond acceptors (Lipinski definition) is 4. The van der Waals surface area contributed by atoms with Crippen LogP contribution in [0.3, 0.4) is 0 Å². The van der Waals surface area contributed by atoms with Crippen molar-refractivity contribution < 1.29 is 9.59 Å². The molecule has 136 valence electrons. The molecule has 3 rings (SSSR count). The summed E-state index contributed by atoms with van der Waals surface area (Å²) in [6, 6.07) is 7.86. The zero-order valence-electron chi connectivity index (χ0n) is 14.4. The molecule has 2 saturated heterocycles. The van der Waals surface area contributed by atoms with Gasteiger partial charge in [-0.1, -0.05) is 17.7 Å². The molecule has 2 heterocycles. The van der Waals surface area contributed by atoms with Crippen molar-refractivity contribution in [3.05, 3.63) is 29.3 Å². The first-order chi connectivity index (χ1) is 12.0. The van der Waals surface area contributed by atoms with Gasteiger partial charge in [-0.25, -0.2) is 0 Å².